The molecule has 0 saturated heterocycles. The van der Waals surface area contributed by atoms with Gasteiger partial charge in [0.1, 0.15) is 11.6 Å². The standard InChI is InChI=1S/C17H23N3O/c1-3-9-20-10-8-19-17(20)16(18-2)14-11-13-6-4-5-7-15(13)21-12-14/h4-8,10,14,16,18H,3,9,11-12H2,1-2H3. The second kappa shape index (κ2) is 6.31. The van der Waals surface area contributed by atoms with Crippen molar-refractivity contribution >= 4 is 0 Å². The minimum Gasteiger partial charge on any atom is -0.493 e. The quantitative estimate of drug-likeness (QED) is 0.918. The number of aryl methyl sites for hydroxylation is 1. The van der Waals surface area contributed by atoms with E-state index in [1.54, 1.807) is 0 Å². The van der Waals surface area contributed by atoms with Crippen LogP contribution in [0, 0.1) is 5.92 Å². The summed E-state index contributed by atoms with van der Waals surface area (Å²) in [5.74, 6) is 2.55. The largest absolute Gasteiger partial charge is 0.493 e. The van der Waals surface area contributed by atoms with Crippen molar-refractivity contribution in [3.8, 4) is 5.75 Å². The molecule has 0 fully saturated rings. The Kier molecular flexibility index (Phi) is 4.25. The van der Waals surface area contributed by atoms with Gasteiger partial charge in [-0.25, -0.2) is 4.98 Å². The zero-order valence-electron chi connectivity index (χ0n) is 12.7. The van der Waals surface area contributed by atoms with Gasteiger partial charge in [0.15, 0.2) is 0 Å². The van der Waals surface area contributed by atoms with Crippen molar-refractivity contribution in [2.75, 3.05) is 13.7 Å². The molecule has 0 bridgehead atoms. The van der Waals surface area contributed by atoms with Gasteiger partial charge in [0.25, 0.3) is 0 Å². The maximum absolute atomic E-state index is 5.94. The van der Waals surface area contributed by atoms with Crippen molar-refractivity contribution in [2.45, 2.75) is 32.4 Å². The van der Waals surface area contributed by atoms with E-state index >= 15 is 0 Å². The zero-order chi connectivity index (χ0) is 14.7. The fourth-order valence-corrected chi connectivity index (χ4v) is 3.17. The van der Waals surface area contributed by atoms with Crippen LogP contribution in [0.3, 0.4) is 0 Å². The van der Waals surface area contributed by atoms with E-state index in [4.69, 9.17) is 4.74 Å². The number of aromatic nitrogens is 2. The Morgan fingerprint density at radius 2 is 2.29 bits per heavy atom. The number of hydrogen-bond donors (Lipinski definition) is 1. The number of benzene rings is 1. The normalized spacial score (nSPS) is 18.9. The van der Waals surface area contributed by atoms with E-state index in [1.165, 1.54) is 5.56 Å². The monoisotopic (exact) mass is 285 g/mol. The number of hydrogen-bond acceptors (Lipinski definition) is 3. The fraction of sp³-hybridized carbons (Fsp3) is 0.471. The molecule has 2 aromatic rings. The summed E-state index contributed by atoms with van der Waals surface area (Å²) in [5.41, 5.74) is 1.29. The maximum atomic E-state index is 5.94. The number of fused-ring (bicyclic) bond motifs is 1. The molecular formula is C17H23N3O. The summed E-state index contributed by atoms with van der Waals surface area (Å²) in [5, 5.41) is 3.44. The SMILES string of the molecule is CCCn1ccnc1C(NC)C1COc2ccccc2C1. The predicted molar refractivity (Wildman–Crippen MR) is 83.4 cm³/mol. The molecule has 1 aliphatic rings. The predicted octanol–water partition coefficient (Wildman–Crippen LogP) is 2.80. The van der Waals surface area contributed by atoms with Crippen LogP contribution in [0.25, 0.3) is 0 Å². The summed E-state index contributed by atoms with van der Waals surface area (Å²) in [6.45, 7) is 3.94. The first kappa shape index (κ1) is 14.1. The Labute approximate surface area is 126 Å². The molecule has 2 heterocycles. The highest BCUT2D eigenvalue weighted by Crippen LogP contribution is 2.33. The van der Waals surface area contributed by atoms with Crippen LogP contribution >= 0.6 is 0 Å². The number of para-hydroxylation sites is 1. The first-order valence-electron chi connectivity index (χ1n) is 7.72. The van der Waals surface area contributed by atoms with Gasteiger partial charge in [0.05, 0.1) is 12.6 Å². The highest BCUT2D eigenvalue weighted by atomic mass is 16.5. The van der Waals surface area contributed by atoms with Crippen molar-refractivity contribution in [3.05, 3.63) is 48.0 Å². The topological polar surface area (TPSA) is 39.1 Å². The average Bonchev–Trinajstić information content (AvgIpc) is 2.97. The van der Waals surface area contributed by atoms with Gasteiger partial charge < -0.3 is 14.6 Å². The zero-order valence-corrected chi connectivity index (χ0v) is 12.7. The molecule has 4 nitrogen and oxygen atoms in total. The second-order valence-corrected chi connectivity index (χ2v) is 5.63. The molecule has 1 N–H and O–H groups in total. The van der Waals surface area contributed by atoms with Crippen LogP contribution in [-0.2, 0) is 13.0 Å². The Hall–Kier alpha value is -1.81. The Morgan fingerprint density at radius 3 is 3.10 bits per heavy atom. The number of nitrogens with one attached hydrogen (secondary N) is 1. The van der Waals surface area contributed by atoms with Crippen molar-refractivity contribution in [1.29, 1.82) is 0 Å². The Bertz CT molecular complexity index is 593. The van der Waals surface area contributed by atoms with Gasteiger partial charge in [-0.15, -0.1) is 0 Å². The molecule has 0 radical (unpaired) electrons. The van der Waals surface area contributed by atoms with Crippen LogP contribution in [-0.4, -0.2) is 23.2 Å². The van der Waals surface area contributed by atoms with Crippen LogP contribution in [0.15, 0.2) is 36.7 Å². The molecule has 2 atom stereocenters. The Morgan fingerprint density at radius 1 is 1.43 bits per heavy atom. The van der Waals surface area contributed by atoms with Crippen LogP contribution in [0.1, 0.15) is 30.8 Å². The van der Waals surface area contributed by atoms with Gasteiger partial charge in [-0.05, 0) is 31.5 Å². The van der Waals surface area contributed by atoms with Crippen LogP contribution in [0.2, 0.25) is 0 Å². The molecule has 0 aliphatic carbocycles. The van der Waals surface area contributed by atoms with Crippen molar-refractivity contribution in [3.63, 3.8) is 0 Å². The minimum absolute atomic E-state index is 0.222. The third-order valence-corrected chi connectivity index (χ3v) is 4.18. The molecule has 21 heavy (non-hydrogen) atoms. The van der Waals surface area contributed by atoms with Crippen LogP contribution < -0.4 is 10.1 Å². The lowest BCUT2D eigenvalue weighted by Gasteiger charge is -2.31. The molecule has 1 aliphatic heterocycles. The molecule has 2 unspecified atom stereocenters. The lowest BCUT2D eigenvalue weighted by atomic mass is 9.90. The summed E-state index contributed by atoms with van der Waals surface area (Å²) in [7, 11) is 2.01. The van der Waals surface area contributed by atoms with Crippen molar-refractivity contribution < 1.29 is 4.74 Å². The summed E-state index contributed by atoms with van der Waals surface area (Å²) in [6, 6.07) is 8.55. The van der Waals surface area contributed by atoms with Crippen LogP contribution in [0.4, 0.5) is 0 Å². The smallest absolute Gasteiger partial charge is 0.126 e. The summed E-state index contributed by atoms with van der Waals surface area (Å²) in [6.07, 6.45) is 6.11. The number of rotatable bonds is 5. The van der Waals surface area contributed by atoms with E-state index in [9.17, 15) is 0 Å². The third kappa shape index (κ3) is 2.81. The second-order valence-electron chi connectivity index (χ2n) is 5.63. The van der Waals surface area contributed by atoms with Gasteiger partial charge in [-0.2, -0.15) is 0 Å². The summed E-state index contributed by atoms with van der Waals surface area (Å²) >= 11 is 0. The van der Waals surface area contributed by atoms with E-state index < -0.39 is 0 Å². The molecule has 0 amide bonds. The van der Waals surface area contributed by atoms with Crippen molar-refractivity contribution in [1.82, 2.24) is 14.9 Å². The molecule has 3 rings (SSSR count). The molecular weight excluding hydrogens is 262 g/mol. The van der Waals surface area contributed by atoms with E-state index in [-0.39, 0.29) is 6.04 Å². The van der Waals surface area contributed by atoms with Gasteiger partial charge in [-0.1, -0.05) is 25.1 Å². The lowest BCUT2D eigenvalue weighted by Crippen LogP contribution is -2.35. The molecule has 1 aromatic carbocycles. The summed E-state index contributed by atoms with van der Waals surface area (Å²) < 4.78 is 8.19. The van der Waals surface area contributed by atoms with Crippen LogP contribution in [0.5, 0.6) is 5.75 Å². The van der Waals surface area contributed by atoms with Gasteiger partial charge in [0.2, 0.25) is 0 Å². The third-order valence-electron chi connectivity index (χ3n) is 4.18. The van der Waals surface area contributed by atoms with E-state index in [0.717, 1.165) is 37.6 Å². The number of imidazole rings is 1. The molecule has 0 saturated carbocycles. The maximum Gasteiger partial charge on any atom is 0.126 e. The van der Waals surface area contributed by atoms with Gasteiger partial charge >= 0.3 is 0 Å². The Balaban J connectivity index is 1.83. The van der Waals surface area contributed by atoms with Gasteiger partial charge in [0, 0.05) is 24.9 Å². The van der Waals surface area contributed by atoms with E-state index in [2.05, 4.69) is 46.2 Å². The molecule has 112 valence electrons. The first-order valence-corrected chi connectivity index (χ1v) is 7.72. The molecule has 1 aromatic heterocycles. The number of ether oxygens (including phenoxy) is 1. The van der Waals surface area contributed by atoms with E-state index in [0.29, 0.717) is 5.92 Å². The lowest BCUT2D eigenvalue weighted by molar-refractivity contribution is 0.183. The van der Waals surface area contributed by atoms with Gasteiger partial charge in [-0.3, -0.25) is 0 Å². The summed E-state index contributed by atoms with van der Waals surface area (Å²) in [4.78, 5) is 4.58. The molecule has 4 heteroatoms. The fourth-order valence-electron chi connectivity index (χ4n) is 3.17. The average molecular weight is 285 g/mol. The minimum atomic E-state index is 0.222. The van der Waals surface area contributed by atoms with Crippen molar-refractivity contribution in [2.24, 2.45) is 5.92 Å². The highest BCUT2D eigenvalue weighted by molar-refractivity contribution is 5.35. The van der Waals surface area contributed by atoms with E-state index in [1.807, 2.05) is 19.3 Å². The highest BCUT2D eigenvalue weighted by Gasteiger charge is 2.30. The number of nitrogens with zero attached hydrogens (tertiary/aromatic N) is 2. The molecule has 0 spiro atoms. The first-order chi connectivity index (χ1) is 10.3.